The first-order valence-electron chi connectivity index (χ1n) is 11.2. The normalized spacial score (nSPS) is 19.2. The monoisotopic (exact) mass is 460 g/mol. The molecule has 0 aromatic heterocycles. The Kier molecular flexibility index (Phi) is 7.48. The van der Waals surface area contributed by atoms with Crippen molar-refractivity contribution in [3.8, 4) is 6.07 Å². The third kappa shape index (κ3) is 5.84. The fourth-order valence-electron chi connectivity index (χ4n) is 4.24. The summed E-state index contributed by atoms with van der Waals surface area (Å²) in [5.74, 6) is -0.150. The molecule has 2 aliphatic heterocycles. The van der Waals surface area contributed by atoms with Crippen LogP contribution in [-0.4, -0.2) is 53.5 Å². The number of nitriles is 1. The van der Waals surface area contributed by atoms with E-state index in [1.54, 1.807) is 0 Å². The molecule has 2 aromatic carbocycles. The zero-order valence-electron chi connectivity index (χ0n) is 18.8. The Balaban J connectivity index is 1.35. The molecule has 2 aliphatic rings. The second kappa shape index (κ2) is 10.7. The van der Waals surface area contributed by atoms with Crippen molar-refractivity contribution in [2.24, 2.45) is 0 Å². The molecular formula is C26H28N4O2S. The first kappa shape index (κ1) is 23.1. The van der Waals surface area contributed by atoms with E-state index in [0.29, 0.717) is 23.7 Å². The fraction of sp³-hybridized carbons (Fsp3) is 0.346. The topological polar surface area (TPSA) is 76.4 Å². The molecule has 2 amide bonds. The number of amides is 2. The highest BCUT2D eigenvalue weighted by molar-refractivity contribution is 8.03. The van der Waals surface area contributed by atoms with Gasteiger partial charge in [0.2, 0.25) is 11.8 Å². The highest BCUT2D eigenvalue weighted by Gasteiger charge is 2.30. The molecule has 0 aliphatic carbocycles. The van der Waals surface area contributed by atoms with Gasteiger partial charge >= 0.3 is 0 Å². The van der Waals surface area contributed by atoms with Crippen LogP contribution in [-0.2, 0) is 16.1 Å². The van der Waals surface area contributed by atoms with E-state index in [1.165, 1.54) is 17.3 Å². The average molecular weight is 461 g/mol. The second-order valence-electron chi connectivity index (χ2n) is 8.50. The summed E-state index contributed by atoms with van der Waals surface area (Å²) in [5, 5.41) is 13.2. The van der Waals surface area contributed by atoms with Crippen molar-refractivity contribution in [2.75, 3.05) is 31.9 Å². The zero-order valence-corrected chi connectivity index (χ0v) is 19.6. The zero-order chi connectivity index (χ0) is 23.2. The van der Waals surface area contributed by atoms with E-state index in [0.717, 1.165) is 30.8 Å². The van der Waals surface area contributed by atoms with Crippen LogP contribution in [0.3, 0.4) is 0 Å². The van der Waals surface area contributed by atoms with Gasteiger partial charge in [-0.2, -0.15) is 5.26 Å². The van der Waals surface area contributed by atoms with Gasteiger partial charge in [0, 0.05) is 45.1 Å². The van der Waals surface area contributed by atoms with Gasteiger partial charge in [0.25, 0.3) is 0 Å². The Hall–Kier alpha value is -3.08. The van der Waals surface area contributed by atoms with Crippen LogP contribution >= 0.6 is 11.8 Å². The summed E-state index contributed by atoms with van der Waals surface area (Å²) < 4.78 is 0. The van der Waals surface area contributed by atoms with E-state index in [4.69, 9.17) is 0 Å². The van der Waals surface area contributed by atoms with Crippen molar-refractivity contribution in [2.45, 2.75) is 25.8 Å². The molecule has 6 nitrogen and oxygen atoms in total. The first-order chi connectivity index (χ1) is 16.0. The Morgan fingerprint density at radius 1 is 1.09 bits per heavy atom. The predicted molar refractivity (Wildman–Crippen MR) is 130 cm³/mol. The van der Waals surface area contributed by atoms with Crippen LogP contribution in [0, 0.1) is 18.3 Å². The molecule has 0 radical (unpaired) electrons. The van der Waals surface area contributed by atoms with Crippen molar-refractivity contribution >= 4 is 23.6 Å². The molecule has 1 fully saturated rings. The smallest absolute Gasteiger partial charge is 0.233 e. The second-order valence-corrected chi connectivity index (χ2v) is 9.49. The number of carbonyl (C=O) groups excluding carboxylic acids is 2. The van der Waals surface area contributed by atoms with Gasteiger partial charge in [-0.25, -0.2) is 0 Å². The van der Waals surface area contributed by atoms with E-state index in [2.05, 4.69) is 28.4 Å². The third-order valence-electron chi connectivity index (χ3n) is 6.15. The molecule has 0 saturated carbocycles. The molecule has 1 N–H and O–H groups in total. The summed E-state index contributed by atoms with van der Waals surface area (Å²) in [4.78, 5) is 29.4. The van der Waals surface area contributed by atoms with Crippen molar-refractivity contribution in [1.82, 2.24) is 15.1 Å². The Labute approximate surface area is 199 Å². The molecule has 4 rings (SSSR count). The van der Waals surface area contributed by atoms with Crippen LogP contribution in [0.4, 0.5) is 0 Å². The third-order valence-corrected chi connectivity index (χ3v) is 7.15. The number of hydrogen-bond donors (Lipinski definition) is 1. The molecule has 0 unspecified atom stereocenters. The molecule has 7 heteroatoms. The summed E-state index contributed by atoms with van der Waals surface area (Å²) in [6.45, 7) is 5.95. The predicted octanol–water partition coefficient (Wildman–Crippen LogP) is 3.41. The summed E-state index contributed by atoms with van der Waals surface area (Å²) in [7, 11) is 0. The maximum absolute atomic E-state index is 12.8. The van der Waals surface area contributed by atoms with Gasteiger partial charge < -0.3 is 10.2 Å². The van der Waals surface area contributed by atoms with Crippen LogP contribution in [0.5, 0.6) is 0 Å². The maximum atomic E-state index is 12.8. The van der Waals surface area contributed by atoms with Crippen LogP contribution < -0.4 is 5.32 Å². The lowest BCUT2D eigenvalue weighted by Gasteiger charge is -2.35. The first-order valence-corrected chi connectivity index (χ1v) is 12.2. The van der Waals surface area contributed by atoms with E-state index in [1.807, 2.05) is 54.3 Å². The van der Waals surface area contributed by atoms with Gasteiger partial charge in [-0.1, -0.05) is 71.9 Å². The lowest BCUT2D eigenvalue weighted by Crippen LogP contribution is -2.48. The van der Waals surface area contributed by atoms with Crippen molar-refractivity contribution in [1.29, 1.82) is 5.26 Å². The van der Waals surface area contributed by atoms with Crippen LogP contribution in [0.15, 0.2) is 65.2 Å². The van der Waals surface area contributed by atoms with E-state index < -0.39 is 0 Å². The van der Waals surface area contributed by atoms with Gasteiger partial charge in [0.1, 0.15) is 0 Å². The number of nitrogens with one attached hydrogen (secondary N) is 1. The highest BCUT2D eigenvalue weighted by atomic mass is 32.2. The number of piperazine rings is 1. The summed E-state index contributed by atoms with van der Waals surface area (Å²) in [5.41, 5.74) is 3.89. The van der Waals surface area contributed by atoms with Crippen LogP contribution in [0.25, 0.3) is 0 Å². The largest absolute Gasteiger partial charge is 0.339 e. The summed E-state index contributed by atoms with van der Waals surface area (Å²) >= 11 is 1.26. The van der Waals surface area contributed by atoms with Gasteiger partial charge in [0.05, 0.1) is 22.4 Å². The number of rotatable bonds is 6. The molecule has 0 spiro atoms. The number of carbonyl (C=O) groups is 2. The SMILES string of the molecule is Cc1ccc([C@@H]2CC(=O)NC(SCC(=O)N3CCN(Cc4ccccc4)CC3)=C2C#N)cc1. The van der Waals surface area contributed by atoms with Gasteiger partial charge in [0.15, 0.2) is 0 Å². The summed E-state index contributed by atoms with van der Waals surface area (Å²) in [6.07, 6.45) is 0.243. The number of nitrogens with zero attached hydrogens (tertiary/aromatic N) is 3. The fourth-order valence-corrected chi connectivity index (χ4v) is 5.22. The molecule has 2 aromatic rings. The van der Waals surface area contributed by atoms with Crippen LogP contribution in [0.2, 0.25) is 0 Å². The lowest BCUT2D eigenvalue weighted by molar-refractivity contribution is -0.130. The summed E-state index contributed by atoms with van der Waals surface area (Å²) in [6, 6.07) is 20.6. The Morgan fingerprint density at radius 3 is 2.45 bits per heavy atom. The molecule has 170 valence electrons. The molecule has 1 saturated heterocycles. The lowest BCUT2D eigenvalue weighted by atomic mass is 9.87. The van der Waals surface area contributed by atoms with Gasteiger partial charge in [-0.05, 0) is 18.1 Å². The number of hydrogen-bond acceptors (Lipinski definition) is 5. The van der Waals surface area contributed by atoms with E-state index >= 15 is 0 Å². The van der Waals surface area contributed by atoms with Crippen molar-refractivity contribution < 1.29 is 9.59 Å². The molecular weight excluding hydrogens is 432 g/mol. The standard InChI is InChI=1S/C26H28N4O2S/c1-19-7-9-21(10-8-19)22-15-24(31)28-26(23(22)16-27)33-18-25(32)30-13-11-29(12-14-30)17-20-5-3-2-4-6-20/h2-10,22H,11-15,17-18H2,1H3,(H,28,31)/t22-/m0/s1. The molecule has 2 heterocycles. The minimum Gasteiger partial charge on any atom is -0.339 e. The van der Waals surface area contributed by atoms with E-state index in [-0.39, 0.29) is 29.9 Å². The highest BCUT2D eigenvalue weighted by Crippen LogP contribution is 2.36. The molecule has 33 heavy (non-hydrogen) atoms. The van der Waals surface area contributed by atoms with Crippen molar-refractivity contribution in [3.05, 3.63) is 81.9 Å². The number of thioether (sulfide) groups is 1. The minimum absolute atomic E-state index is 0.0378. The van der Waals surface area contributed by atoms with Crippen molar-refractivity contribution in [3.63, 3.8) is 0 Å². The number of allylic oxidation sites excluding steroid dienone is 1. The molecule has 0 bridgehead atoms. The van der Waals surface area contributed by atoms with Gasteiger partial charge in [-0.3, -0.25) is 14.5 Å². The minimum atomic E-state index is -0.275. The number of benzene rings is 2. The van der Waals surface area contributed by atoms with Gasteiger partial charge in [-0.15, -0.1) is 0 Å². The van der Waals surface area contributed by atoms with E-state index in [9.17, 15) is 14.9 Å². The maximum Gasteiger partial charge on any atom is 0.233 e. The number of aryl methyl sites for hydroxylation is 1. The van der Waals surface area contributed by atoms with Crippen LogP contribution in [0.1, 0.15) is 29.0 Å². The Bertz CT molecular complexity index is 1070. The average Bonchev–Trinajstić information content (AvgIpc) is 2.84. The quantitative estimate of drug-likeness (QED) is 0.715. The molecule has 1 atom stereocenters. The Morgan fingerprint density at radius 2 is 1.79 bits per heavy atom.